The summed E-state index contributed by atoms with van der Waals surface area (Å²) in [7, 11) is 3.33. The number of carbonyl (C=O) groups is 1. The lowest BCUT2D eigenvalue weighted by Crippen LogP contribution is -2.54. The maximum atomic E-state index is 11.6. The monoisotopic (exact) mass is 297 g/mol. The van der Waals surface area contributed by atoms with E-state index >= 15 is 0 Å². The molecule has 0 radical (unpaired) electrons. The smallest absolute Gasteiger partial charge is 0.343 e. The van der Waals surface area contributed by atoms with E-state index < -0.39 is 5.97 Å². The van der Waals surface area contributed by atoms with Crippen molar-refractivity contribution in [2.24, 2.45) is 0 Å². The molecule has 1 fully saturated rings. The second-order valence-electron chi connectivity index (χ2n) is 5.41. The number of nitrogens with zero attached hydrogens (tertiary/aromatic N) is 1. The molecule has 0 atom stereocenters. The zero-order chi connectivity index (χ0) is 14.5. The summed E-state index contributed by atoms with van der Waals surface area (Å²) >= 11 is 6.12. The predicted molar refractivity (Wildman–Crippen MR) is 75.4 cm³/mol. The molecule has 1 heterocycles. The number of halogens is 1. The van der Waals surface area contributed by atoms with Gasteiger partial charge in [-0.3, -0.25) is 0 Å². The minimum absolute atomic E-state index is 0.00725. The number of benzene rings is 1. The van der Waals surface area contributed by atoms with Gasteiger partial charge in [-0.1, -0.05) is 11.6 Å². The van der Waals surface area contributed by atoms with Crippen LogP contribution in [0.1, 0.15) is 29.6 Å². The summed E-state index contributed by atoms with van der Waals surface area (Å²) in [5, 5.41) is 9.77. The quantitative estimate of drug-likeness (QED) is 0.909. The van der Waals surface area contributed by atoms with Gasteiger partial charge in [0.05, 0.1) is 24.4 Å². The number of fused-ring (bicyclic) bond motifs is 1. The van der Waals surface area contributed by atoms with Gasteiger partial charge in [-0.05, 0) is 25.3 Å². The molecule has 6 heteroatoms. The van der Waals surface area contributed by atoms with Crippen LogP contribution in [0, 0.1) is 0 Å². The summed E-state index contributed by atoms with van der Waals surface area (Å²) in [6, 6.07) is 1.70. The summed E-state index contributed by atoms with van der Waals surface area (Å²) in [5.41, 5.74) is 0.448. The van der Waals surface area contributed by atoms with Crippen LogP contribution < -0.4 is 14.4 Å². The first-order chi connectivity index (χ1) is 9.47. The second kappa shape index (κ2) is 4.45. The molecule has 3 rings (SSSR count). The van der Waals surface area contributed by atoms with Gasteiger partial charge in [0.25, 0.3) is 0 Å². The Hall–Kier alpha value is -1.62. The van der Waals surface area contributed by atoms with Crippen LogP contribution in [-0.2, 0) is 0 Å². The zero-order valence-corrected chi connectivity index (χ0v) is 12.2. The van der Waals surface area contributed by atoms with E-state index in [4.69, 9.17) is 21.1 Å². The molecule has 0 bridgehead atoms. The Kier molecular flexibility index (Phi) is 2.97. The summed E-state index contributed by atoms with van der Waals surface area (Å²) < 4.78 is 11.2. The van der Waals surface area contributed by atoms with Crippen LogP contribution in [0.4, 0.5) is 5.69 Å². The third-order valence-corrected chi connectivity index (χ3v) is 4.39. The highest BCUT2D eigenvalue weighted by Crippen LogP contribution is 2.50. The topological polar surface area (TPSA) is 59.0 Å². The van der Waals surface area contributed by atoms with Gasteiger partial charge in [0.1, 0.15) is 11.2 Å². The van der Waals surface area contributed by atoms with Crippen LogP contribution in [-0.4, -0.2) is 37.4 Å². The normalized spacial score (nSPS) is 19.1. The maximum Gasteiger partial charge on any atom is 0.343 e. The first-order valence-corrected chi connectivity index (χ1v) is 6.89. The number of carboxylic acids is 1. The number of ether oxygens (including phenoxy) is 2. The molecule has 1 aliphatic carbocycles. The van der Waals surface area contributed by atoms with Crippen LogP contribution in [0.5, 0.6) is 11.5 Å². The van der Waals surface area contributed by atoms with Crippen LogP contribution in [0.15, 0.2) is 6.07 Å². The molecule has 2 aliphatic rings. The van der Waals surface area contributed by atoms with E-state index in [9.17, 15) is 9.90 Å². The lowest BCUT2D eigenvalue weighted by molar-refractivity contribution is -0.00759. The van der Waals surface area contributed by atoms with Crippen LogP contribution in [0.2, 0.25) is 5.02 Å². The highest BCUT2D eigenvalue weighted by molar-refractivity contribution is 6.33. The number of carboxylic acid groups (broad SMARTS) is 1. The van der Waals surface area contributed by atoms with Crippen molar-refractivity contribution in [2.45, 2.75) is 24.9 Å². The SMILES string of the molecule is COc1c(Cl)cc2c(c1C(=O)O)OC1(CCC1)CN2C. The van der Waals surface area contributed by atoms with E-state index in [0.717, 1.165) is 25.8 Å². The molecular weight excluding hydrogens is 282 g/mol. The summed E-state index contributed by atoms with van der Waals surface area (Å²) in [5.74, 6) is -0.569. The Morgan fingerprint density at radius 3 is 2.75 bits per heavy atom. The molecular formula is C14H16ClNO4. The van der Waals surface area contributed by atoms with E-state index in [0.29, 0.717) is 11.4 Å². The molecule has 0 saturated heterocycles. The molecule has 1 aliphatic heterocycles. The molecule has 1 spiro atoms. The van der Waals surface area contributed by atoms with E-state index in [2.05, 4.69) is 0 Å². The summed E-state index contributed by atoms with van der Waals surface area (Å²) in [4.78, 5) is 13.6. The largest absolute Gasteiger partial charge is 0.494 e. The number of anilines is 1. The zero-order valence-electron chi connectivity index (χ0n) is 11.4. The minimum Gasteiger partial charge on any atom is -0.494 e. The molecule has 1 aromatic carbocycles. The standard InChI is InChI=1S/C14H16ClNO4/c1-16-7-14(4-3-5-14)20-12-9(16)6-8(15)11(19-2)10(12)13(17)18/h6H,3-5,7H2,1-2H3,(H,17,18). The number of aromatic carboxylic acids is 1. The van der Waals surface area contributed by atoms with Crippen molar-refractivity contribution >= 4 is 23.3 Å². The fourth-order valence-corrected chi connectivity index (χ4v) is 3.25. The molecule has 20 heavy (non-hydrogen) atoms. The van der Waals surface area contributed by atoms with E-state index in [1.54, 1.807) is 6.07 Å². The van der Waals surface area contributed by atoms with Gasteiger partial charge >= 0.3 is 5.97 Å². The average molecular weight is 298 g/mol. The van der Waals surface area contributed by atoms with Crippen LogP contribution >= 0.6 is 11.6 Å². The molecule has 1 saturated carbocycles. The molecule has 5 nitrogen and oxygen atoms in total. The molecule has 0 aromatic heterocycles. The fraction of sp³-hybridized carbons (Fsp3) is 0.500. The van der Waals surface area contributed by atoms with Crippen molar-refractivity contribution in [1.82, 2.24) is 0 Å². The van der Waals surface area contributed by atoms with E-state index in [-0.39, 0.29) is 21.9 Å². The van der Waals surface area contributed by atoms with Gasteiger partial charge in [0.2, 0.25) is 0 Å². The number of hydrogen-bond donors (Lipinski definition) is 1. The third kappa shape index (κ3) is 1.80. The van der Waals surface area contributed by atoms with Crippen LogP contribution in [0.3, 0.4) is 0 Å². The van der Waals surface area contributed by atoms with E-state index in [1.807, 2.05) is 11.9 Å². The van der Waals surface area contributed by atoms with Gasteiger partial charge in [0.15, 0.2) is 11.5 Å². The minimum atomic E-state index is -1.09. The molecule has 108 valence electrons. The summed E-state index contributed by atoms with van der Waals surface area (Å²) in [6.07, 6.45) is 3.00. The lowest BCUT2D eigenvalue weighted by Gasteiger charge is -2.49. The Bertz CT molecular complexity index is 583. The van der Waals surface area contributed by atoms with Crippen molar-refractivity contribution in [1.29, 1.82) is 0 Å². The first-order valence-electron chi connectivity index (χ1n) is 6.51. The Labute approximate surface area is 122 Å². The van der Waals surface area contributed by atoms with Gasteiger partial charge in [-0.15, -0.1) is 0 Å². The van der Waals surface area contributed by atoms with Gasteiger partial charge < -0.3 is 19.5 Å². The fourth-order valence-electron chi connectivity index (χ4n) is 2.98. The Morgan fingerprint density at radius 1 is 1.55 bits per heavy atom. The predicted octanol–water partition coefficient (Wildman–Crippen LogP) is 2.80. The number of likely N-dealkylation sites (N-methyl/N-ethyl adjacent to an activating group) is 1. The lowest BCUT2D eigenvalue weighted by atomic mass is 9.78. The maximum absolute atomic E-state index is 11.6. The number of methoxy groups -OCH3 is 1. The first kappa shape index (κ1) is 13.4. The number of hydrogen-bond acceptors (Lipinski definition) is 4. The molecule has 1 N–H and O–H groups in total. The Morgan fingerprint density at radius 2 is 2.25 bits per heavy atom. The van der Waals surface area contributed by atoms with E-state index in [1.165, 1.54) is 7.11 Å². The molecule has 1 aromatic rings. The molecule has 0 amide bonds. The molecule has 0 unspecified atom stereocenters. The highest BCUT2D eigenvalue weighted by Gasteiger charge is 2.46. The highest BCUT2D eigenvalue weighted by atomic mass is 35.5. The Balaban J connectivity index is 2.20. The van der Waals surface area contributed by atoms with Gasteiger partial charge in [-0.2, -0.15) is 0 Å². The van der Waals surface area contributed by atoms with Crippen molar-refractivity contribution in [3.8, 4) is 11.5 Å². The van der Waals surface area contributed by atoms with Crippen molar-refractivity contribution in [3.05, 3.63) is 16.7 Å². The third-order valence-electron chi connectivity index (χ3n) is 4.11. The summed E-state index contributed by atoms with van der Waals surface area (Å²) in [6.45, 7) is 0.752. The van der Waals surface area contributed by atoms with Gasteiger partial charge in [0, 0.05) is 7.05 Å². The number of rotatable bonds is 2. The average Bonchev–Trinajstić information content (AvgIpc) is 2.35. The van der Waals surface area contributed by atoms with Crippen molar-refractivity contribution in [3.63, 3.8) is 0 Å². The van der Waals surface area contributed by atoms with Crippen LogP contribution in [0.25, 0.3) is 0 Å². The van der Waals surface area contributed by atoms with Crippen molar-refractivity contribution < 1.29 is 19.4 Å². The second-order valence-corrected chi connectivity index (χ2v) is 5.82. The van der Waals surface area contributed by atoms with Gasteiger partial charge in [-0.25, -0.2) is 4.79 Å². The van der Waals surface area contributed by atoms with Crippen molar-refractivity contribution in [2.75, 3.05) is 25.6 Å².